The van der Waals surface area contributed by atoms with Gasteiger partial charge in [-0.15, -0.1) is 0 Å². The van der Waals surface area contributed by atoms with Crippen LogP contribution >= 0.6 is 0 Å². The molecule has 1 fully saturated rings. The fourth-order valence-electron chi connectivity index (χ4n) is 2.51. The van der Waals surface area contributed by atoms with Crippen molar-refractivity contribution in [3.8, 4) is 5.75 Å². The van der Waals surface area contributed by atoms with E-state index in [1.54, 1.807) is 26.0 Å². The summed E-state index contributed by atoms with van der Waals surface area (Å²) in [5, 5.41) is 12.4. The van der Waals surface area contributed by atoms with Crippen LogP contribution in [0, 0.1) is 6.92 Å². The van der Waals surface area contributed by atoms with Crippen LogP contribution in [0.5, 0.6) is 5.75 Å². The Labute approximate surface area is 134 Å². The highest BCUT2D eigenvalue weighted by molar-refractivity contribution is 7.91. The van der Waals surface area contributed by atoms with E-state index in [-0.39, 0.29) is 22.8 Å². The van der Waals surface area contributed by atoms with Gasteiger partial charge in [0.15, 0.2) is 16.4 Å². The number of esters is 1. The average Bonchev–Trinajstić information content (AvgIpc) is 2.72. The number of nitrogens with one attached hydrogen (secondary N) is 1. The summed E-state index contributed by atoms with van der Waals surface area (Å²) in [5.74, 6) is -1.68. The third kappa shape index (κ3) is 4.22. The fourth-order valence-corrected chi connectivity index (χ4v) is 4.61. The fraction of sp³-hybridized carbons (Fsp3) is 0.467. The number of carbonyl (C=O) groups excluding carboxylic acids is 2. The molecule has 2 rings (SSSR count). The van der Waals surface area contributed by atoms with E-state index in [0.29, 0.717) is 12.0 Å². The van der Waals surface area contributed by atoms with E-state index >= 15 is 0 Å². The highest BCUT2D eigenvalue weighted by Gasteiger charge is 2.39. The monoisotopic (exact) mass is 341 g/mol. The Morgan fingerprint density at radius 2 is 2.09 bits per heavy atom. The van der Waals surface area contributed by atoms with E-state index in [0.717, 1.165) is 0 Å². The Morgan fingerprint density at radius 1 is 1.39 bits per heavy atom. The number of amides is 1. The summed E-state index contributed by atoms with van der Waals surface area (Å²) >= 11 is 0. The van der Waals surface area contributed by atoms with Gasteiger partial charge in [0.2, 0.25) is 0 Å². The first-order chi connectivity index (χ1) is 10.6. The molecule has 1 aliphatic rings. The number of aromatic hydroxyl groups is 1. The third-order valence-electron chi connectivity index (χ3n) is 3.74. The maximum atomic E-state index is 11.9. The van der Waals surface area contributed by atoms with Gasteiger partial charge in [-0.25, -0.2) is 13.2 Å². The topological polar surface area (TPSA) is 110 Å². The van der Waals surface area contributed by atoms with Crippen molar-refractivity contribution >= 4 is 21.7 Å². The smallest absolute Gasteiger partial charge is 0.342 e. The highest BCUT2D eigenvalue weighted by atomic mass is 32.2. The van der Waals surface area contributed by atoms with Crippen LogP contribution in [-0.4, -0.2) is 49.1 Å². The molecule has 1 saturated heterocycles. The van der Waals surface area contributed by atoms with Crippen LogP contribution in [0.15, 0.2) is 18.2 Å². The summed E-state index contributed by atoms with van der Waals surface area (Å²) in [7, 11) is -3.14. The van der Waals surface area contributed by atoms with E-state index in [1.807, 2.05) is 0 Å². The minimum Gasteiger partial charge on any atom is -0.507 e. The molecule has 126 valence electrons. The van der Waals surface area contributed by atoms with Crippen molar-refractivity contribution in [2.24, 2.45) is 0 Å². The second-order valence-electron chi connectivity index (χ2n) is 6.00. The Balaban J connectivity index is 1.92. The van der Waals surface area contributed by atoms with Crippen molar-refractivity contribution in [3.05, 3.63) is 29.3 Å². The van der Waals surface area contributed by atoms with Crippen LogP contribution in [-0.2, 0) is 19.4 Å². The minimum absolute atomic E-state index is 0.0209. The van der Waals surface area contributed by atoms with Gasteiger partial charge in [-0.3, -0.25) is 4.79 Å². The highest BCUT2D eigenvalue weighted by Crippen LogP contribution is 2.23. The van der Waals surface area contributed by atoms with Gasteiger partial charge in [0.05, 0.1) is 17.0 Å². The van der Waals surface area contributed by atoms with Crippen molar-refractivity contribution < 1.29 is 27.9 Å². The van der Waals surface area contributed by atoms with Crippen molar-refractivity contribution in [2.45, 2.75) is 25.8 Å². The molecule has 1 aliphatic heterocycles. The van der Waals surface area contributed by atoms with Crippen LogP contribution in [0.1, 0.15) is 29.3 Å². The van der Waals surface area contributed by atoms with E-state index in [1.165, 1.54) is 6.07 Å². The van der Waals surface area contributed by atoms with Crippen LogP contribution in [0.4, 0.5) is 0 Å². The van der Waals surface area contributed by atoms with Gasteiger partial charge in [0.1, 0.15) is 11.3 Å². The van der Waals surface area contributed by atoms with E-state index < -0.39 is 33.9 Å². The molecule has 1 aromatic carbocycles. The SMILES string of the molecule is Cc1cccc(C(=O)OCC(=O)NC2(C)CCS(=O)(=O)C2)c1O. The van der Waals surface area contributed by atoms with Crippen molar-refractivity contribution in [2.75, 3.05) is 18.1 Å². The molecule has 0 saturated carbocycles. The summed E-state index contributed by atoms with van der Waals surface area (Å²) in [4.78, 5) is 23.7. The first-order valence-electron chi connectivity index (χ1n) is 7.09. The molecule has 8 heteroatoms. The standard InChI is InChI=1S/C15H19NO6S/c1-10-4-3-5-11(13(10)18)14(19)22-8-12(17)16-15(2)6-7-23(20,21)9-15/h3-5,18H,6-9H2,1-2H3,(H,16,17). The lowest BCUT2D eigenvalue weighted by atomic mass is 10.0. The molecule has 0 aromatic heterocycles. The minimum atomic E-state index is -3.14. The molecule has 1 unspecified atom stereocenters. The first-order valence-corrected chi connectivity index (χ1v) is 8.91. The number of ether oxygens (including phenoxy) is 1. The number of para-hydroxylation sites is 1. The number of hydrogen-bond acceptors (Lipinski definition) is 6. The molecular weight excluding hydrogens is 322 g/mol. The number of carbonyl (C=O) groups is 2. The van der Waals surface area contributed by atoms with Gasteiger partial charge in [-0.1, -0.05) is 12.1 Å². The van der Waals surface area contributed by atoms with Gasteiger partial charge < -0.3 is 15.2 Å². The van der Waals surface area contributed by atoms with E-state index in [4.69, 9.17) is 4.74 Å². The van der Waals surface area contributed by atoms with E-state index in [9.17, 15) is 23.1 Å². The molecule has 0 bridgehead atoms. The lowest BCUT2D eigenvalue weighted by Gasteiger charge is -2.23. The Hall–Kier alpha value is -2.09. The second kappa shape index (κ2) is 6.19. The maximum Gasteiger partial charge on any atom is 0.342 e. The van der Waals surface area contributed by atoms with Crippen LogP contribution in [0.25, 0.3) is 0 Å². The van der Waals surface area contributed by atoms with Crippen molar-refractivity contribution in [3.63, 3.8) is 0 Å². The molecule has 1 amide bonds. The van der Waals surface area contributed by atoms with Gasteiger partial charge in [0, 0.05) is 0 Å². The normalized spacial score (nSPS) is 22.5. The summed E-state index contributed by atoms with van der Waals surface area (Å²) < 4.78 is 27.8. The zero-order valence-electron chi connectivity index (χ0n) is 13.0. The molecule has 1 atom stereocenters. The Bertz CT molecular complexity index is 742. The number of phenolic OH excluding ortho intramolecular Hbond substituents is 1. The van der Waals surface area contributed by atoms with Crippen LogP contribution < -0.4 is 5.32 Å². The van der Waals surface area contributed by atoms with Gasteiger partial charge in [-0.05, 0) is 31.9 Å². The number of sulfone groups is 1. The lowest BCUT2D eigenvalue weighted by molar-refractivity contribution is -0.125. The van der Waals surface area contributed by atoms with E-state index in [2.05, 4.69) is 5.32 Å². The molecule has 0 radical (unpaired) electrons. The van der Waals surface area contributed by atoms with Crippen LogP contribution in [0.3, 0.4) is 0 Å². The number of hydrogen-bond donors (Lipinski definition) is 2. The van der Waals surface area contributed by atoms with Crippen molar-refractivity contribution in [1.29, 1.82) is 0 Å². The summed E-state index contributed by atoms with van der Waals surface area (Å²) in [6, 6.07) is 4.63. The third-order valence-corrected chi connectivity index (χ3v) is 5.64. The average molecular weight is 341 g/mol. The largest absolute Gasteiger partial charge is 0.507 e. The summed E-state index contributed by atoms with van der Waals surface area (Å²) in [6.07, 6.45) is 0.327. The summed E-state index contributed by atoms with van der Waals surface area (Å²) in [6.45, 7) is 2.74. The zero-order valence-corrected chi connectivity index (χ0v) is 13.8. The lowest BCUT2D eigenvalue weighted by Crippen LogP contribution is -2.48. The van der Waals surface area contributed by atoms with Gasteiger partial charge >= 0.3 is 5.97 Å². The molecule has 0 spiro atoms. The summed E-state index contributed by atoms with van der Waals surface area (Å²) in [5.41, 5.74) is -0.339. The second-order valence-corrected chi connectivity index (χ2v) is 8.18. The molecular formula is C15H19NO6S. The Morgan fingerprint density at radius 3 is 2.70 bits per heavy atom. The zero-order chi connectivity index (χ0) is 17.3. The predicted molar refractivity (Wildman–Crippen MR) is 82.9 cm³/mol. The van der Waals surface area contributed by atoms with Crippen molar-refractivity contribution in [1.82, 2.24) is 5.32 Å². The first kappa shape index (κ1) is 17.3. The number of phenols is 1. The predicted octanol–water partition coefficient (Wildman–Crippen LogP) is 0.551. The molecule has 1 aromatic rings. The number of rotatable bonds is 4. The maximum absolute atomic E-state index is 11.9. The quantitative estimate of drug-likeness (QED) is 0.774. The number of benzene rings is 1. The molecule has 0 aliphatic carbocycles. The molecule has 2 N–H and O–H groups in total. The molecule has 23 heavy (non-hydrogen) atoms. The molecule has 7 nitrogen and oxygen atoms in total. The number of aryl methyl sites for hydroxylation is 1. The molecule has 1 heterocycles. The van der Waals surface area contributed by atoms with Crippen LogP contribution in [0.2, 0.25) is 0 Å². The Kier molecular flexibility index (Phi) is 4.65. The van der Waals surface area contributed by atoms with Gasteiger partial charge in [-0.2, -0.15) is 0 Å². The van der Waals surface area contributed by atoms with Gasteiger partial charge in [0.25, 0.3) is 5.91 Å².